The first-order valence-corrected chi connectivity index (χ1v) is 7.19. The molecule has 21 heavy (non-hydrogen) atoms. The summed E-state index contributed by atoms with van der Waals surface area (Å²) in [7, 11) is 1.54. The van der Waals surface area contributed by atoms with E-state index in [0.29, 0.717) is 16.5 Å². The van der Waals surface area contributed by atoms with Gasteiger partial charge in [-0.3, -0.25) is 4.79 Å². The van der Waals surface area contributed by atoms with Crippen LogP contribution in [0.15, 0.2) is 29.4 Å². The van der Waals surface area contributed by atoms with Gasteiger partial charge in [-0.25, -0.2) is 9.97 Å². The Morgan fingerprint density at radius 1 is 1.24 bits per heavy atom. The van der Waals surface area contributed by atoms with E-state index in [0.717, 1.165) is 5.56 Å². The van der Waals surface area contributed by atoms with E-state index in [2.05, 4.69) is 9.97 Å². The Bertz CT molecular complexity index is 656. The zero-order valence-electron chi connectivity index (χ0n) is 11.8. The van der Waals surface area contributed by atoms with E-state index in [1.54, 1.807) is 12.1 Å². The van der Waals surface area contributed by atoms with E-state index in [-0.39, 0.29) is 23.2 Å². The van der Waals surface area contributed by atoms with Crippen molar-refractivity contribution in [1.82, 2.24) is 9.97 Å². The summed E-state index contributed by atoms with van der Waals surface area (Å²) < 4.78 is 5.21. The van der Waals surface area contributed by atoms with Gasteiger partial charge in [0, 0.05) is 6.07 Å². The van der Waals surface area contributed by atoms with Crippen LogP contribution in [0.5, 0.6) is 5.75 Å². The van der Waals surface area contributed by atoms with Crippen molar-refractivity contribution >= 4 is 29.2 Å². The fraction of sp³-hybridized carbons (Fsp3) is 0.214. The zero-order chi connectivity index (χ0) is 15.4. The molecule has 0 bridgehead atoms. The predicted molar refractivity (Wildman–Crippen MR) is 83.6 cm³/mol. The first kappa shape index (κ1) is 15.1. The number of carbonyl (C=O) groups excluding carboxylic acids is 1. The first-order valence-electron chi connectivity index (χ1n) is 6.20. The fourth-order valence-corrected chi connectivity index (χ4v) is 2.53. The lowest BCUT2D eigenvalue weighted by Crippen LogP contribution is -2.07. The second-order valence-electron chi connectivity index (χ2n) is 4.42. The lowest BCUT2D eigenvalue weighted by molar-refractivity contribution is 0.101. The molecule has 0 saturated carbocycles. The second kappa shape index (κ2) is 6.45. The Morgan fingerprint density at radius 2 is 1.90 bits per heavy atom. The van der Waals surface area contributed by atoms with Crippen molar-refractivity contribution in [2.24, 2.45) is 0 Å². The minimum Gasteiger partial charge on any atom is -0.496 e. The summed E-state index contributed by atoms with van der Waals surface area (Å²) in [6, 6.07) is 6.94. The van der Waals surface area contributed by atoms with Gasteiger partial charge in [-0.05, 0) is 19.1 Å². The van der Waals surface area contributed by atoms with Gasteiger partial charge in [0.15, 0.2) is 10.9 Å². The summed E-state index contributed by atoms with van der Waals surface area (Å²) in [5.41, 5.74) is 12.7. The number of anilines is 2. The van der Waals surface area contributed by atoms with E-state index in [4.69, 9.17) is 16.2 Å². The summed E-state index contributed by atoms with van der Waals surface area (Å²) in [4.78, 5) is 20.4. The molecule has 0 atom stereocenters. The van der Waals surface area contributed by atoms with Gasteiger partial charge in [0.25, 0.3) is 0 Å². The number of hydrogen-bond acceptors (Lipinski definition) is 7. The van der Waals surface area contributed by atoms with Crippen molar-refractivity contribution in [3.8, 4) is 5.75 Å². The Hall–Kier alpha value is -2.28. The normalized spacial score (nSPS) is 10.4. The van der Waals surface area contributed by atoms with Crippen molar-refractivity contribution in [1.29, 1.82) is 0 Å². The van der Waals surface area contributed by atoms with Gasteiger partial charge in [0.05, 0.1) is 18.4 Å². The largest absolute Gasteiger partial charge is 0.496 e. The molecule has 2 rings (SSSR count). The molecule has 0 saturated heterocycles. The van der Waals surface area contributed by atoms with Crippen molar-refractivity contribution in [2.75, 3.05) is 24.3 Å². The average Bonchev–Trinajstić information content (AvgIpc) is 2.43. The maximum atomic E-state index is 12.3. The Labute approximate surface area is 126 Å². The maximum absolute atomic E-state index is 12.3. The number of Topliss-reactive ketones (excluding diaryl/α,β-unsaturated/α-hetero) is 1. The van der Waals surface area contributed by atoms with Crippen LogP contribution >= 0.6 is 11.8 Å². The van der Waals surface area contributed by atoms with Crippen LogP contribution < -0.4 is 16.2 Å². The molecular weight excluding hydrogens is 288 g/mol. The highest BCUT2D eigenvalue weighted by Gasteiger charge is 2.14. The van der Waals surface area contributed by atoms with Crippen LogP contribution in [0, 0.1) is 6.92 Å². The number of aryl methyl sites for hydroxylation is 1. The van der Waals surface area contributed by atoms with E-state index in [1.165, 1.54) is 24.9 Å². The van der Waals surface area contributed by atoms with E-state index in [1.807, 2.05) is 13.0 Å². The van der Waals surface area contributed by atoms with Gasteiger partial charge in [0.1, 0.15) is 17.4 Å². The molecule has 7 heteroatoms. The van der Waals surface area contributed by atoms with Gasteiger partial charge >= 0.3 is 0 Å². The Balaban J connectivity index is 2.13. The first-order chi connectivity index (χ1) is 9.99. The van der Waals surface area contributed by atoms with Crippen LogP contribution in [0.2, 0.25) is 0 Å². The molecule has 110 valence electrons. The third-order valence-electron chi connectivity index (χ3n) is 2.73. The number of benzene rings is 1. The van der Waals surface area contributed by atoms with Crippen LogP contribution in [0.4, 0.5) is 11.6 Å². The lowest BCUT2D eigenvalue weighted by atomic mass is 10.1. The van der Waals surface area contributed by atoms with E-state index >= 15 is 0 Å². The number of hydrogen-bond donors (Lipinski definition) is 2. The molecule has 0 unspecified atom stereocenters. The smallest absolute Gasteiger partial charge is 0.191 e. The number of nitrogen functional groups attached to an aromatic ring is 2. The van der Waals surface area contributed by atoms with Crippen LogP contribution in [0.1, 0.15) is 15.9 Å². The standard InChI is InChI=1S/C14H16N4O2S/c1-8-3-4-11(20-2)9(5-8)10(19)7-21-14-17-12(15)6-13(16)18-14/h3-6H,7H2,1-2H3,(H4,15,16,17,18). The van der Waals surface area contributed by atoms with Crippen molar-refractivity contribution < 1.29 is 9.53 Å². The van der Waals surface area contributed by atoms with Crippen LogP contribution in [0.25, 0.3) is 0 Å². The highest BCUT2D eigenvalue weighted by atomic mass is 32.2. The van der Waals surface area contributed by atoms with Gasteiger partial charge in [-0.15, -0.1) is 0 Å². The number of ether oxygens (including phenoxy) is 1. The number of thioether (sulfide) groups is 1. The van der Waals surface area contributed by atoms with Gasteiger partial charge in [0.2, 0.25) is 0 Å². The van der Waals surface area contributed by atoms with Crippen LogP contribution in [-0.4, -0.2) is 28.6 Å². The molecule has 0 aliphatic carbocycles. The summed E-state index contributed by atoms with van der Waals surface area (Å²) >= 11 is 1.19. The molecule has 1 heterocycles. The summed E-state index contributed by atoms with van der Waals surface area (Å²) in [6.07, 6.45) is 0. The van der Waals surface area contributed by atoms with Crippen LogP contribution in [0.3, 0.4) is 0 Å². The molecule has 0 amide bonds. The molecule has 4 N–H and O–H groups in total. The SMILES string of the molecule is COc1ccc(C)cc1C(=O)CSc1nc(N)cc(N)n1. The summed E-state index contributed by atoms with van der Waals surface area (Å²) in [6.45, 7) is 1.92. The number of ketones is 1. The minimum absolute atomic E-state index is 0.0647. The minimum atomic E-state index is -0.0647. The van der Waals surface area contributed by atoms with E-state index in [9.17, 15) is 4.79 Å². The van der Waals surface area contributed by atoms with Gasteiger partial charge < -0.3 is 16.2 Å². The number of aromatic nitrogens is 2. The van der Waals surface area contributed by atoms with Crippen molar-refractivity contribution in [3.05, 3.63) is 35.4 Å². The lowest BCUT2D eigenvalue weighted by Gasteiger charge is -2.08. The van der Waals surface area contributed by atoms with Crippen molar-refractivity contribution in [3.63, 3.8) is 0 Å². The number of nitrogens with two attached hydrogens (primary N) is 2. The zero-order valence-corrected chi connectivity index (χ0v) is 12.6. The average molecular weight is 304 g/mol. The molecule has 2 aromatic rings. The van der Waals surface area contributed by atoms with Crippen molar-refractivity contribution in [2.45, 2.75) is 12.1 Å². The molecule has 0 aliphatic rings. The van der Waals surface area contributed by atoms with E-state index < -0.39 is 0 Å². The number of carbonyl (C=O) groups is 1. The molecule has 0 fully saturated rings. The molecule has 6 nitrogen and oxygen atoms in total. The summed E-state index contributed by atoms with van der Waals surface area (Å²) in [5.74, 6) is 1.24. The highest BCUT2D eigenvalue weighted by Crippen LogP contribution is 2.23. The molecular formula is C14H16N4O2S. The number of nitrogens with zero attached hydrogens (tertiary/aromatic N) is 2. The fourth-order valence-electron chi connectivity index (χ4n) is 1.77. The third-order valence-corrected chi connectivity index (χ3v) is 3.58. The maximum Gasteiger partial charge on any atom is 0.191 e. The molecule has 0 radical (unpaired) electrons. The quantitative estimate of drug-likeness (QED) is 0.494. The summed E-state index contributed by atoms with van der Waals surface area (Å²) in [5, 5.41) is 0.382. The number of methoxy groups -OCH3 is 1. The monoisotopic (exact) mass is 304 g/mol. The molecule has 1 aromatic carbocycles. The highest BCUT2D eigenvalue weighted by molar-refractivity contribution is 7.99. The second-order valence-corrected chi connectivity index (χ2v) is 5.36. The molecule has 1 aromatic heterocycles. The Kier molecular flexibility index (Phi) is 4.64. The van der Waals surface area contributed by atoms with Gasteiger partial charge in [-0.1, -0.05) is 23.4 Å². The van der Waals surface area contributed by atoms with Gasteiger partial charge in [-0.2, -0.15) is 0 Å². The topological polar surface area (TPSA) is 104 Å². The molecule has 0 aliphatic heterocycles. The predicted octanol–water partition coefficient (Wildman–Crippen LogP) is 1.93. The molecule has 0 spiro atoms. The van der Waals surface area contributed by atoms with Crippen LogP contribution in [-0.2, 0) is 0 Å². The number of rotatable bonds is 5. The Morgan fingerprint density at radius 3 is 2.52 bits per heavy atom. The third kappa shape index (κ3) is 3.85.